The molecule has 0 saturated carbocycles. The van der Waals surface area contributed by atoms with Crippen molar-refractivity contribution in [2.24, 2.45) is 0 Å². The number of esters is 1. The van der Waals surface area contributed by atoms with Crippen LogP contribution in [0.3, 0.4) is 0 Å². The lowest BCUT2D eigenvalue weighted by atomic mass is 10.4. The molecule has 1 aliphatic rings. The van der Waals surface area contributed by atoms with E-state index in [1.807, 2.05) is 4.90 Å². The first-order valence-electron chi connectivity index (χ1n) is 5.88. The standard InChI is InChI=1S/C11H20N2O3/c1-2-16-11(15)5-6-12-9-10(14)13-7-3-4-8-13/h12H,2-9H2,1H3. The third-order valence-electron chi connectivity index (χ3n) is 2.55. The van der Waals surface area contributed by atoms with Crippen molar-refractivity contribution in [2.75, 3.05) is 32.8 Å². The van der Waals surface area contributed by atoms with Gasteiger partial charge in [-0.2, -0.15) is 0 Å². The van der Waals surface area contributed by atoms with Gasteiger partial charge in [0.1, 0.15) is 0 Å². The van der Waals surface area contributed by atoms with E-state index in [0.29, 0.717) is 26.1 Å². The molecule has 0 radical (unpaired) electrons. The molecule has 5 heteroatoms. The summed E-state index contributed by atoms with van der Waals surface area (Å²) in [7, 11) is 0. The first kappa shape index (κ1) is 13.0. The van der Waals surface area contributed by atoms with Gasteiger partial charge in [0.2, 0.25) is 5.91 Å². The van der Waals surface area contributed by atoms with Crippen molar-refractivity contribution in [1.82, 2.24) is 10.2 Å². The zero-order valence-corrected chi connectivity index (χ0v) is 9.83. The van der Waals surface area contributed by atoms with E-state index < -0.39 is 0 Å². The quantitative estimate of drug-likeness (QED) is 0.519. The van der Waals surface area contributed by atoms with E-state index >= 15 is 0 Å². The van der Waals surface area contributed by atoms with E-state index in [-0.39, 0.29) is 11.9 Å². The molecule has 1 heterocycles. The van der Waals surface area contributed by atoms with Gasteiger partial charge in [0.15, 0.2) is 0 Å². The lowest BCUT2D eigenvalue weighted by Gasteiger charge is -2.15. The fraction of sp³-hybridized carbons (Fsp3) is 0.818. The average molecular weight is 228 g/mol. The Morgan fingerprint density at radius 3 is 2.62 bits per heavy atom. The van der Waals surface area contributed by atoms with Crippen LogP contribution in [0.4, 0.5) is 0 Å². The summed E-state index contributed by atoms with van der Waals surface area (Å²) in [5.41, 5.74) is 0. The molecule has 0 atom stereocenters. The Labute approximate surface area is 96.1 Å². The van der Waals surface area contributed by atoms with E-state index in [4.69, 9.17) is 4.74 Å². The molecular formula is C11H20N2O3. The highest BCUT2D eigenvalue weighted by molar-refractivity contribution is 5.78. The fourth-order valence-corrected chi connectivity index (χ4v) is 1.70. The number of rotatable bonds is 6. The van der Waals surface area contributed by atoms with Gasteiger partial charge in [-0.1, -0.05) is 0 Å². The summed E-state index contributed by atoms with van der Waals surface area (Å²) in [6, 6.07) is 0. The van der Waals surface area contributed by atoms with Crippen molar-refractivity contribution in [1.29, 1.82) is 0 Å². The Morgan fingerprint density at radius 1 is 1.31 bits per heavy atom. The van der Waals surface area contributed by atoms with Gasteiger partial charge in [-0.05, 0) is 19.8 Å². The Kier molecular flexibility index (Phi) is 5.85. The van der Waals surface area contributed by atoms with Crippen LogP contribution in [0.1, 0.15) is 26.2 Å². The molecule has 1 N–H and O–H groups in total. The maximum Gasteiger partial charge on any atom is 0.307 e. The third kappa shape index (κ3) is 4.61. The van der Waals surface area contributed by atoms with E-state index in [9.17, 15) is 9.59 Å². The summed E-state index contributed by atoms with van der Waals surface area (Å²) in [5.74, 6) is -0.0926. The van der Waals surface area contributed by atoms with E-state index in [1.165, 1.54) is 0 Å². The minimum Gasteiger partial charge on any atom is -0.466 e. The predicted octanol–water partition coefficient (Wildman–Crippen LogP) is 0.152. The van der Waals surface area contributed by atoms with Crippen LogP contribution in [-0.4, -0.2) is 49.6 Å². The molecule has 5 nitrogen and oxygen atoms in total. The molecule has 1 aliphatic heterocycles. The van der Waals surface area contributed by atoms with Crippen molar-refractivity contribution in [3.63, 3.8) is 0 Å². The first-order valence-corrected chi connectivity index (χ1v) is 5.88. The van der Waals surface area contributed by atoms with E-state index in [2.05, 4.69) is 5.32 Å². The van der Waals surface area contributed by atoms with Gasteiger partial charge in [-0.15, -0.1) is 0 Å². The molecule has 0 aromatic rings. The molecule has 0 aromatic heterocycles. The minimum atomic E-state index is -0.219. The van der Waals surface area contributed by atoms with Crippen LogP contribution in [0.15, 0.2) is 0 Å². The van der Waals surface area contributed by atoms with Crippen LogP contribution in [0, 0.1) is 0 Å². The maximum absolute atomic E-state index is 11.6. The smallest absolute Gasteiger partial charge is 0.307 e. The number of hydrogen-bond acceptors (Lipinski definition) is 4. The summed E-state index contributed by atoms with van der Waals surface area (Å²) in [5, 5.41) is 2.96. The highest BCUT2D eigenvalue weighted by Gasteiger charge is 2.16. The van der Waals surface area contributed by atoms with Crippen LogP contribution in [0.5, 0.6) is 0 Å². The number of hydrogen-bond donors (Lipinski definition) is 1. The topological polar surface area (TPSA) is 58.6 Å². The molecule has 1 saturated heterocycles. The second kappa shape index (κ2) is 7.22. The van der Waals surface area contributed by atoms with Gasteiger partial charge in [0.05, 0.1) is 19.6 Å². The Bertz CT molecular complexity index is 237. The molecule has 0 spiro atoms. The largest absolute Gasteiger partial charge is 0.466 e. The van der Waals surface area contributed by atoms with Crippen LogP contribution in [-0.2, 0) is 14.3 Å². The zero-order valence-electron chi connectivity index (χ0n) is 9.83. The van der Waals surface area contributed by atoms with Gasteiger partial charge >= 0.3 is 5.97 Å². The summed E-state index contributed by atoms with van der Waals surface area (Å²) in [6.45, 7) is 4.75. The molecule has 0 bridgehead atoms. The molecule has 1 fully saturated rings. The lowest BCUT2D eigenvalue weighted by Crippen LogP contribution is -2.36. The number of likely N-dealkylation sites (tertiary alicyclic amines) is 1. The molecular weight excluding hydrogens is 208 g/mol. The molecule has 0 aromatic carbocycles. The highest BCUT2D eigenvalue weighted by Crippen LogP contribution is 2.06. The molecule has 1 rings (SSSR count). The maximum atomic E-state index is 11.6. The zero-order chi connectivity index (χ0) is 11.8. The van der Waals surface area contributed by atoms with Gasteiger partial charge in [-0.3, -0.25) is 9.59 Å². The monoisotopic (exact) mass is 228 g/mol. The first-order chi connectivity index (χ1) is 7.74. The summed E-state index contributed by atoms with van der Waals surface area (Å²) < 4.78 is 4.77. The molecule has 16 heavy (non-hydrogen) atoms. The van der Waals surface area contributed by atoms with Crippen molar-refractivity contribution < 1.29 is 14.3 Å². The van der Waals surface area contributed by atoms with Crippen LogP contribution >= 0.6 is 0 Å². The van der Waals surface area contributed by atoms with Crippen LogP contribution in [0.25, 0.3) is 0 Å². The van der Waals surface area contributed by atoms with Gasteiger partial charge < -0.3 is 15.0 Å². The SMILES string of the molecule is CCOC(=O)CCNCC(=O)N1CCCC1. The number of amides is 1. The van der Waals surface area contributed by atoms with E-state index in [1.54, 1.807) is 6.92 Å². The molecule has 0 unspecified atom stereocenters. The average Bonchev–Trinajstić information content (AvgIpc) is 2.78. The van der Waals surface area contributed by atoms with Crippen molar-refractivity contribution >= 4 is 11.9 Å². The second-order valence-electron chi connectivity index (χ2n) is 3.82. The predicted molar refractivity (Wildman–Crippen MR) is 59.9 cm³/mol. The number of carbonyl (C=O) groups excluding carboxylic acids is 2. The summed E-state index contributed by atoms with van der Waals surface area (Å²) in [4.78, 5) is 24.4. The summed E-state index contributed by atoms with van der Waals surface area (Å²) >= 11 is 0. The normalized spacial score (nSPS) is 15.2. The second-order valence-corrected chi connectivity index (χ2v) is 3.82. The minimum absolute atomic E-state index is 0.126. The van der Waals surface area contributed by atoms with Gasteiger partial charge in [0.25, 0.3) is 0 Å². The lowest BCUT2D eigenvalue weighted by molar-refractivity contribution is -0.143. The van der Waals surface area contributed by atoms with Crippen LogP contribution < -0.4 is 5.32 Å². The third-order valence-corrected chi connectivity index (χ3v) is 2.55. The molecule has 1 amide bonds. The number of nitrogens with one attached hydrogen (secondary N) is 1. The Morgan fingerprint density at radius 2 is 2.00 bits per heavy atom. The van der Waals surface area contributed by atoms with Crippen LogP contribution in [0.2, 0.25) is 0 Å². The van der Waals surface area contributed by atoms with Crippen molar-refractivity contribution in [3.05, 3.63) is 0 Å². The fourth-order valence-electron chi connectivity index (χ4n) is 1.70. The van der Waals surface area contributed by atoms with Crippen molar-refractivity contribution in [2.45, 2.75) is 26.2 Å². The van der Waals surface area contributed by atoms with Crippen molar-refractivity contribution in [3.8, 4) is 0 Å². The van der Waals surface area contributed by atoms with E-state index in [0.717, 1.165) is 25.9 Å². The number of nitrogens with zero attached hydrogens (tertiary/aromatic N) is 1. The summed E-state index contributed by atoms with van der Waals surface area (Å²) in [6.07, 6.45) is 2.53. The van der Waals surface area contributed by atoms with Gasteiger partial charge in [0, 0.05) is 19.6 Å². The highest BCUT2D eigenvalue weighted by atomic mass is 16.5. The number of ether oxygens (including phenoxy) is 1. The number of carbonyl (C=O) groups is 2. The molecule has 0 aliphatic carbocycles. The molecule has 92 valence electrons. The Balaban J connectivity index is 2.02. The van der Waals surface area contributed by atoms with Gasteiger partial charge in [-0.25, -0.2) is 0 Å². The Hall–Kier alpha value is -1.10.